The van der Waals surface area contributed by atoms with Gasteiger partial charge < -0.3 is 14.8 Å². The van der Waals surface area contributed by atoms with Crippen molar-refractivity contribution in [3.05, 3.63) is 48.8 Å². The zero-order valence-corrected chi connectivity index (χ0v) is 13.3. The summed E-state index contributed by atoms with van der Waals surface area (Å²) in [5.74, 6) is 1.47. The van der Waals surface area contributed by atoms with Crippen LogP contribution >= 0.6 is 0 Å². The second kappa shape index (κ2) is 6.51. The van der Waals surface area contributed by atoms with Gasteiger partial charge in [-0.3, -0.25) is 4.98 Å². The molecule has 6 heteroatoms. The van der Waals surface area contributed by atoms with Gasteiger partial charge in [-0.05, 0) is 24.3 Å². The lowest BCUT2D eigenvalue weighted by Gasteiger charge is -2.19. The summed E-state index contributed by atoms with van der Waals surface area (Å²) in [6.07, 6.45) is 3.50. The highest BCUT2D eigenvalue weighted by atomic mass is 16.5. The summed E-state index contributed by atoms with van der Waals surface area (Å²) < 4.78 is 11.0. The van der Waals surface area contributed by atoms with Gasteiger partial charge in [-0.1, -0.05) is 12.1 Å². The first-order chi connectivity index (χ1) is 11.8. The van der Waals surface area contributed by atoms with Crippen molar-refractivity contribution in [2.24, 2.45) is 0 Å². The van der Waals surface area contributed by atoms with Crippen LogP contribution in [0.25, 0.3) is 22.3 Å². The summed E-state index contributed by atoms with van der Waals surface area (Å²) in [6, 6.07) is 11.9. The molecule has 6 nitrogen and oxygen atoms in total. The number of fused-ring (bicyclic) bond motifs is 1. The summed E-state index contributed by atoms with van der Waals surface area (Å²) in [4.78, 5) is 13.5. The fourth-order valence-corrected chi connectivity index (χ4v) is 2.89. The van der Waals surface area contributed by atoms with Crippen LogP contribution in [0.15, 0.2) is 48.8 Å². The second-order valence-corrected chi connectivity index (χ2v) is 5.71. The smallest absolute Gasteiger partial charge is 0.162 e. The monoisotopic (exact) mass is 322 g/mol. The molecule has 0 amide bonds. The van der Waals surface area contributed by atoms with Crippen molar-refractivity contribution >= 4 is 16.7 Å². The Kier molecular flexibility index (Phi) is 4.06. The third-order valence-electron chi connectivity index (χ3n) is 4.19. The highest BCUT2D eigenvalue weighted by molar-refractivity contribution is 5.90. The molecule has 1 aliphatic rings. The number of aromatic nitrogens is 3. The van der Waals surface area contributed by atoms with Crippen LogP contribution in [-0.2, 0) is 9.47 Å². The standard InChI is InChI=1S/C18H18N4O2/c1-23-16-11-24-10-15(16)21-18-13-4-2-3-5-14(13)20-17(22-18)12-6-8-19-9-7-12/h2-9,15-16H,10-11H2,1H3,(H,20,21,22)/t15-,16-/m1/s1. The van der Waals surface area contributed by atoms with E-state index in [1.54, 1.807) is 19.5 Å². The van der Waals surface area contributed by atoms with Gasteiger partial charge in [-0.2, -0.15) is 0 Å². The van der Waals surface area contributed by atoms with Crippen LogP contribution in [0.4, 0.5) is 5.82 Å². The minimum Gasteiger partial charge on any atom is -0.377 e. The Hall–Kier alpha value is -2.57. The van der Waals surface area contributed by atoms with Crippen molar-refractivity contribution in [3.63, 3.8) is 0 Å². The Balaban J connectivity index is 1.78. The Bertz CT molecular complexity index is 841. The predicted molar refractivity (Wildman–Crippen MR) is 91.8 cm³/mol. The molecule has 3 aromatic rings. The predicted octanol–water partition coefficient (Wildman–Crippen LogP) is 2.52. The minimum atomic E-state index is 0.0168. The average Bonchev–Trinajstić information content (AvgIpc) is 3.09. The quantitative estimate of drug-likeness (QED) is 0.796. The maximum absolute atomic E-state index is 5.52. The zero-order valence-electron chi connectivity index (χ0n) is 13.3. The molecule has 0 aliphatic carbocycles. The fourth-order valence-electron chi connectivity index (χ4n) is 2.89. The normalized spacial score (nSPS) is 20.4. The summed E-state index contributed by atoms with van der Waals surface area (Å²) in [7, 11) is 1.70. The maximum atomic E-state index is 5.52. The molecule has 1 N–H and O–H groups in total. The summed E-state index contributed by atoms with van der Waals surface area (Å²) in [6.45, 7) is 1.19. The van der Waals surface area contributed by atoms with Crippen LogP contribution in [0.1, 0.15) is 0 Å². The van der Waals surface area contributed by atoms with E-state index < -0.39 is 0 Å². The number of rotatable bonds is 4. The Morgan fingerprint density at radius 1 is 1.08 bits per heavy atom. The lowest BCUT2D eigenvalue weighted by atomic mass is 10.1. The van der Waals surface area contributed by atoms with Crippen LogP contribution in [0.2, 0.25) is 0 Å². The van der Waals surface area contributed by atoms with Gasteiger partial charge in [0.15, 0.2) is 5.82 Å². The van der Waals surface area contributed by atoms with E-state index in [9.17, 15) is 0 Å². The number of para-hydroxylation sites is 1. The van der Waals surface area contributed by atoms with Gasteiger partial charge in [0.25, 0.3) is 0 Å². The van der Waals surface area contributed by atoms with E-state index in [-0.39, 0.29) is 12.1 Å². The number of methoxy groups -OCH3 is 1. The topological polar surface area (TPSA) is 69.2 Å². The molecule has 1 aromatic carbocycles. The number of anilines is 1. The number of nitrogens with one attached hydrogen (secondary N) is 1. The van der Waals surface area contributed by atoms with Gasteiger partial charge in [0.2, 0.25) is 0 Å². The third-order valence-corrected chi connectivity index (χ3v) is 4.19. The van der Waals surface area contributed by atoms with Crippen molar-refractivity contribution in [1.29, 1.82) is 0 Å². The highest BCUT2D eigenvalue weighted by Crippen LogP contribution is 2.26. The minimum absolute atomic E-state index is 0.0168. The zero-order chi connectivity index (χ0) is 16.4. The molecule has 4 rings (SSSR count). The Morgan fingerprint density at radius 3 is 2.75 bits per heavy atom. The first kappa shape index (κ1) is 15.0. The van der Waals surface area contributed by atoms with Crippen molar-refractivity contribution in [2.75, 3.05) is 25.6 Å². The van der Waals surface area contributed by atoms with Crippen LogP contribution in [-0.4, -0.2) is 47.4 Å². The van der Waals surface area contributed by atoms with E-state index in [0.29, 0.717) is 19.0 Å². The molecule has 122 valence electrons. The van der Waals surface area contributed by atoms with Crippen LogP contribution < -0.4 is 5.32 Å². The fraction of sp³-hybridized carbons (Fsp3) is 0.278. The molecule has 0 bridgehead atoms. The number of nitrogens with zero attached hydrogens (tertiary/aromatic N) is 3. The van der Waals surface area contributed by atoms with E-state index in [1.165, 1.54) is 0 Å². The number of hydrogen-bond donors (Lipinski definition) is 1. The van der Waals surface area contributed by atoms with Crippen LogP contribution in [0.3, 0.4) is 0 Å². The summed E-state index contributed by atoms with van der Waals surface area (Å²) in [5.41, 5.74) is 1.83. The molecule has 0 spiro atoms. The molecular formula is C18H18N4O2. The number of benzene rings is 1. The third kappa shape index (κ3) is 2.81. The Labute approximate surface area is 139 Å². The molecule has 1 fully saturated rings. The van der Waals surface area contributed by atoms with E-state index in [0.717, 1.165) is 22.3 Å². The van der Waals surface area contributed by atoms with Crippen molar-refractivity contribution in [3.8, 4) is 11.4 Å². The number of pyridine rings is 1. The maximum Gasteiger partial charge on any atom is 0.162 e. The van der Waals surface area contributed by atoms with Crippen LogP contribution in [0.5, 0.6) is 0 Å². The average molecular weight is 322 g/mol. The lowest BCUT2D eigenvalue weighted by Crippen LogP contribution is -2.33. The molecule has 1 aliphatic heterocycles. The SMILES string of the molecule is CO[C@@H]1COC[C@H]1Nc1nc(-c2ccncc2)nc2ccccc12. The van der Waals surface area contributed by atoms with E-state index in [1.807, 2.05) is 36.4 Å². The molecule has 24 heavy (non-hydrogen) atoms. The molecular weight excluding hydrogens is 304 g/mol. The molecule has 1 saturated heterocycles. The van der Waals surface area contributed by atoms with Gasteiger partial charge in [0, 0.05) is 30.5 Å². The molecule has 3 heterocycles. The Morgan fingerprint density at radius 2 is 1.92 bits per heavy atom. The first-order valence-electron chi connectivity index (χ1n) is 7.89. The second-order valence-electron chi connectivity index (χ2n) is 5.71. The van der Waals surface area contributed by atoms with Crippen molar-refractivity contribution in [1.82, 2.24) is 15.0 Å². The number of ether oxygens (including phenoxy) is 2. The summed E-state index contributed by atoms with van der Waals surface area (Å²) >= 11 is 0. The summed E-state index contributed by atoms with van der Waals surface area (Å²) in [5, 5.41) is 4.46. The van der Waals surface area contributed by atoms with Gasteiger partial charge >= 0.3 is 0 Å². The largest absolute Gasteiger partial charge is 0.377 e. The first-order valence-corrected chi connectivity index (χ1v) is 7.89. The molecule has 0 unspecified atom stereocenters. The van der Waals surface area contributed by atoms with E-state index in [4.69, 9.17) is 14.5 Å². The van der Waals surface area contributed by atoms with E-state index >= 15 is 0 Å². The van der Waals surface area contributed by atoms with Crippen molar-refractivity contribution < 1.29 is 9.47 Å². The highest BCUT2D eigenvalue weighted by Gasteiger charge is 2.29. The van der Waals surface area contributed by atoms with Gasteiger partial charge in [-0.25, -0.2) is 9.97 Å². The molecule has 0 saturated carbocycles. The molecule has 2 aromatic heterocycles. The number of hydrogen-bond acceptors (Lipinski definition) is 6. The van der Waals surface area contributed by atoms with Crippen LogP contribution in [0, 0.1) is 0 Å². The lowest BCUT2D eigenvalue weighted by molar-refractivity contribution is 0.0795. The van der Waals surface area contributed by atoms with E-state index in [2.05, 4.69) is 15.3 Å². The van der Waals surface area contributed by atoms with Gasteiger partial charge in [-0.15, -0.1) is 0 Å². The molecule has 0 radical (unpaired) electrons. The van der Waals surface area contributed by atoms with Crippen molar-refractivity contribution in [2.45, 2.75) is 12.1 Å². The van der Waals surface area contributed by atoms with Gasteiger partial charge in [0.05, 0.1) is 24.8 Å². The molecule has 2 atom stereocenters. The van der Waals surface area contributed by atoms with Gasteiger partial charge in [0.1, 0.15) is 11.9 Å².